The number of aliphatic carboxylic acids is 1. The summed E-state index contributed by atoms with van der Waals surface area (Å²) >= 11 is 5.86. The van der Waals surface area contributed by atoms with E-state index in [4.69, 9.17) is 21.4 Å². The smallest absolute Gasteiger partial charge is 0.341 e. The molecule has 0 amide bonds. The van der Waals surface area contributed by atoms with Gasteiger partial charge in [0.15, 0.2) is 6.61 Å². The predicted molar refractivity (Wildman–Crippen MR) is 64.6 cm³/mol. The van der Waals surface area contributed by atoms with E-state index in [2.05, 4.69) is 10.1 Å². The third-order valence-electron chi connectivity index (χ3n) is 2.20. The maximum atomic E-state index is 10.4. The van der Waals surface area contributed by atoms with E-state index < -0.39 is 12.6 Å². The zero-order chi connectivity index (χ0) is 13.1. The second kappa shape index (κ2) is 5.05. The SMILES string of the molecule is Cn1nc(OCC(=O)O)cc1-c1cncc(Cl)c1. The molecule has 94 valence electrons. The van der Waals surface area contributed by atoms with Crippen LogP contribution in [0.25, 0.3) is 11.3 Å². The molecule has 7 heteroatoms. The summed E-state index contributed by atoms with van der Waals surface area (Å²) in [6.45, 7) is -0.426. The highest BCUT2D eigenvalue weighted by Gasteiger charge is 2.10. The van der Waals surface area contributed by atoms with Crippen LogP contribution in [0.2, 0.25) is 5.02 Å². The second-order valence-electron chi connectivity index (χ2n) is 3.57. The van der Waals surface area contributed by atoms with Gasteiger partial charge >= 0.3 is 5.97 Å². The number of hydrogen-bond acceptors (Lipinski definition) is 4. The van der Waals surface area contributed by atoms with Crippen molar-refractivity contribution in [3.05, 3.63) is 29.5 Å². The molecule has 6 nitrogen and oxygen atoms in total. The molecular formula is C11H10ClN3O3. The normalized spacial score (nSPS) is 10.3. The topological polar surface area (TPSA) is 77.2 Å². The number of aryl methyl sites for hydroxylation is 1. The second-order valence-corrected chi connectivity index (χ2v) is 4.00. The first-order valence-electron chi connectivity index (χ1n) is 5.06. The van der Waals surface area contributed by atoms with Gasteiger partial charge in [0.05, 0.1) is 10.7 Å². The number of carboxylic acids is 1. The van der Waals surface area contributed by atoms with Crippen LogP contribution in [0.15, 0.2) is 24.5 Å². The Balaban J connectivity index is 2.26. The van der Waals surface area contributed by atoms with E-state index in [1.165, 1.54) is 6.20 Å². The number of hydrogen-bond donors (Lipinski definition) is 1. The van der Waals surface area contributed by atoms with Gasteiger partial charge in [0, 0.05) is 31.1 Å². The zero-order valence-corrected chi connectivity index (χ0v) is 10.3. The molecule has 0 fully saturated rings. The lowest BCUT2D eigenvalue weighted by Crippen LogP contribution is -2.09. The van der Waals surface area contributed by atoms with E-state index in [9.17, 15) is 4.79 Å². The molecule has 1 N–H and O–H groups in total. The number of aromatic nitrogens is 3. The van der Waals surface area contributed by atoms with Gasteiger partial charge in [0.25, 0.3) is 0 Å². The van der Waals surface area contributed by atoms with Crippen molar-refractivity contribution in [1.82, 2.24) is 14.8 Å². The van der Waals surface area contributed by atoms with E-state index in [1.807, 2.05) is 0 Å². The van der Waals surface area contributed by atoms with Gasteiger partial charge in [-0.25, -0.2) is 4.79 Å². The summed E-state index contributed by atoms with van der Waals surface area (Å²) in [7, 11) is 1.73. The van der Waals surface area contributed by atoms with Crippen molar-refractivity contribution in [2.75, 3.05) is 6.61 Å². The fraction of sp³-hybridized carbons (Fsp3) is 0.182. The molecule has 0 aliphatic rings. The Hall–Kier alpha value is -2.08. The quantitative estimate of drug-likeness (QED) is 0.910. The Morgan fingerprint density at radius 2 is 2.28 bits per heavy atom. The van der Waals surface area contributed by atoms with Crippen LogP contribution in [0.5, 0.6) is 5.88 Å². The molecule has 2 aromatic rings. The Morgan fingerprint density at radius 1 is 1.50 bits per heavy atom. The Labute approximate surface area is 108 Å². The Kier molecular flexibility index (Phi) is 3.47. The van der Waals surface area contributed by atoms with Crippen LogP contribution in [0, 0.1) is 0 Å². The summed E-state index contributed by atoms with van der Waals surface area (Å²) in [5.41, 5.74) is 1.52. The van der Waals surface area contributed by atoms with Crippen LogP contribution in [-0.2, 0) is 11.8 Å². The van der Waals surface area contributed by atoms with Gasteiger partial charge in [-0.2, -0.15) is 0 Å². The number of pyridine rings is 1. The summed E-state index contributed by atoms with van der Waals surface area (Å²) in [5.74, 6) is -0.804. The largest absolute Gasteiger partial charge is 0.479 e. The van der Waals surface area contributed by atoms with Gasteiger partial charge in [-0.1, -0.05) is 11.6 Å². The average molecular weight is 268 g/mol. The molecule has 2 rings (SSSR count). The molecule has 0 bridgehead atoms. The summed E-state index contributed by atoms with van der Waals surface area (Å²) in [6, 6.07) is 3.38. The minimum absolute atomic E-state index is 0.245. The third kappa shape index (κ3) is 2.78. The lowest BCUT2D eigenvalue weighted by molar-refractivity contribution is -0.139. The number of nitrogens with zero attached hydrogens (tertiary/aromatic N) is 3. The molecule has 0 saturated carbocycles. The van der Waals surface area contributed by atoms with E-state index in [0.29, 0.717) is 5.02 Å². The maximum Gasteiger partial charge on any atom is 0.341 e. The van der Waals surface area contributed by atoms with Crippen molar-refractivity contribution in [3.63, 3.8) is 0 Å². The number of ether oxygens (including phenoxy) is 1. The van der Waals surface area contributed by atoms with Crippen molar-refractivity contribution in [1.29, 1.82) is 0 Å². The van der Waals surface area contributed by atoms with Gasteiger partial charge in [-0.15, -0.1) is 5.10 Å². The van der Waals surface area contributed by atoms with Crippen LogP contribution < -0.4 is 4.74 Å². The molecule has 0 aromatic carbocycles. The minimum atomic E-state index is -1.05. The molecule has 0 spiro atoms. The number of carbonyl (C=O) groups is 1. The molecule has 2 heterocycles. The van der Waals surface area contributed by atoms with Crippen LogP contribution in [-0.4, -0.2) is 32.4 Å². The maximum absolute atomic E-state index is 10.4. The standard InChI is InChI=1S/C11H10ClN3O3/c1-15-9(7-2-8(12)5-13-4-7)3-10(14-15)18-6-11(16)17/h2-5H,6H2,1H3,(H,16,17). The first kappa shape index (κ1) is 12.4. The van der Waals surface area contributed by atoms with Gasteiger partial charge in [-0.3, -0.25) is 9.67 Å². The van der Waals surface area contributed by atoms with Crippen molar-refractivity contribution < 1.29 is 14.6 Å². The van der Waals surface area contributed by atoms with E-state index in [0.717, 1.165) is 11.3 Å². The molecule has 0 atom stereocenters. The van der Waals surface area contributed by atoms with Crippen molar-refractivity contribution in [3.8, 4) is 17.1 Å². The molecule has 0 saturated heterocycles. The first-order chi connectivity index (χ1) is 8.56. The van der Waals surface area contributed by atoms with E-state index >= 15 is 0 Å². The fourth-order valence-corrected chi connectivity index (χ4v) is 1.64. The highest BCUT2D eigenvalue weighted by Crippen LogP contribution is 2.24. The average Bonchev–Trinajstić information content (AvgIpc) is 2.68. The summed E-state index contributed by atoms with van der Waals surface area (Å²) in [5, 5.41) is 13.1. The van der Waals surface area contributed by atoms with Crippen molar-refractivity contribution >= 4 is 17.6 Å². The zero-order valence-electron chi connectivity index (χ0n) is 9.50. The fourth-order valence-electron chi connectivity index (χ4n) is 1.47. The molecule has 0 aliphatic heterocycles. The van der Waals surface area contributed by atoms with E-state index in [-0.39, 0.29) is 5.88 Å². The van der Waals surface area contributed by atoms with Crippen LogP contribution in [0.4, 0.5) is 0 Å². The Bertz CT molecular complexity index is 583. The molecule has 2 aromatic heterocycles. The van der Waals surface area contributed by atoms with Gasteiger partial charge in [0.1, 0.15) is 0 Å². The van der Waals surface area contributed by atoms with Crippen molar-refractivity contribution in [2.24, 2.45) is 7.05 Å². The van der Waals surface area contributed by atoms with Gasteiger partial charge < -0.3 is 9.84 Å². The number of rotatable bonds is 4. The van der Waals surface area contributed by atoms with Gasteiger partial charge in [-0.05, 0) is 6.07 Å². The summed E-state index contributed by atoms with van der Waals surface area (Å²) in [6.07, 6.45) is 3.17. The lowest BCUT2D eigenvalue weighted by atomic mass is 10.2. The molecular weight excluding hydrogens is 258 g/mol. The monoisotopic (exact) mass is 267 g/mol. The summed E-state index contributed by atoms with van der Waals surface area (Å²) in [4.78, 5) is 14.4. The molecule has 0 unspecified atom stereocenters. The highest BCUT2D eigenvalue weighted by molar-refractivity contribution is 6.30. The van der Waals surface area contributed by atoms with Crippen molar-refractivity contribution in [2.45, 2.75) is 0 Å². The predicted octanol–water partition coefficient (Wildman–Crippen LogP) is 1.60. The summed E-state index contributed by atoms with van der Waals surface area (Å²) < 4.78 is 6.57. The Morgan fingerprint density at radius 3 is 2.94 bits per heavy atom. The third-order valence-corrected chi connectivity index (χ3v) is 2.41. The molecule has 18 heavy (non-hydrogen) atoms. The molecule has 0 aliphatic carbocycles. The van der Waals surface area contributed by atoms with Gasteiger partial charge in [0.2, 0.25) is 5.88 Å². The van der Waals surface area contributed by atoms with E-state index in [1.54, 1.807) is 30.1 Å². The number of halogens is 1. The molecule has 0 radical (unpaired) electrons. The highest BCUT2D eigenvalue weighted by atomic mass is 35.5. The van der Waals surface area contributed by atoms with Crippen LogP contribution in [0.3, 0.4) is 0 Å². The van der Waals surface area contributed by atoms with Crippen LogP contribution >= 0.6 is 11.6 Å². The number of carboxylic acid groups (broad SMARTS) is 1. The van der Waals surface area contributed by atoms with Crippen LogP contribution in [0.1, 0.15) is 0 Å². The minimum Gasteiger partial charge on any atom is -0.479 e. The lowest BCUT2D eigenvalue weighted by Gasteiger charge is -2.00. The first-order valence-corrected chi connectivity index (χ1v) is 5.43.